The summed E-state index contributed by atoms with van der Waals surface area (Å²) in [6, 6.07) is 6.35. The standard InChI is InChI=1S/C16H23NO.ClH/c1-3-6-13-14(17-11-4-2)10-9-12-7-5-8-15(18)16(12)13;/h3,5,7-8,13-14,17-18H,1,4,6,9-11H2,2H3;1H. The van der Waals surface area contributed by atoms with Crippen LogP contribution in [0.25, 0.3) is 0 Å². The van der Waals surface area contributed by atoms with E-state index in [-0.39, 0.29) is 12.4 Å². The Morgan fingerprint density at radius 2 is 2.26 bits per heavy atom. The Hall–Kier alpha value is -0.990. The van der Waals surface area contributed by atoms with Crippen molar-refractivity contribution in [2.75, 3.05) is 6.54 Å². The van der Waals surface area contributed by atoms with E-state index < -0.39 is 0 Å². The minimum atomic E-state index is 0. The molecule has 2 N–H and O–H groups in total. The number of benzene rings is 1. The van der Waals surface area contributed by atoms with Crippen LogP contribution in [-0.2, 0) is 6.42 Å². The first kappa shape index (κ1) is 16.1. The molecular weight excluding hydrogens is 258 g/mol. The van der Waals surface area contributed by atoms with Gasteiger partial charge in [0.1, 0.15) is 5.75 Å². The van der Waals surface area contributed by atoms with Gasteiger partial charge in [-0.1, -0.05) is 25.1 Å². The molecule has 0 spiro atoms. The lowest BCUT2D eigenvalue weighted by atomic mass is 9.77. The highest BCUT2D eigenvalue weighted by molar-refractivity contribution is 5.85. The second kappa shape index (κ2) is 7.56. The lowest BCUT2D eigenvalue weighted by molar-refractivity contribution is 0.371. The van der Waals surface area contributed by atoms with Gasteiger partial charge in [0.25, 0.3) is 0 Å². The van der Waals surface area contributed by atoms with E-state index in [0.29, 0.717) is 17.7 Å². The van der Waals surface area contributed by atoms with Crippen LogP contribution in [0.3, 0.4) is 0 Å². The van der Waals surface area contributed by atoms with Crippen LogP contribution in [0.5, 0.6) is 5.75 Å². The molecule has 2 atom stereocenters. The summed E-state index contributed by atoms with van der Waals surface area (Å²) in [5.41, 5.74) is 2.44. The van der Waals surface area contributed by atoms with Crippen molar-refractivity contribution in [2.24, 2.45) is 0 Å². The number of aromatic hydroxyl groups is 1. The van der Waals surface area contributed by atoms with Crippen molar-refractivity contribution in [1.29, 1.82) is 0 Å². The average molecular weight is 282 g/mol. The van der Waals surface area contributed by atoms with Crippen molar-refractivity contribution in [1.82, 2.24) is 5.32 Å². The maximum absolute atomic E-state index is 10.1. The minimum absolute atomic E-state index is 0. The van der Waals surface area contributed by atoms with Crippen LogP contribution in [-0.4, -0.2) is 17.7 Å². The van der Waals surface area contributed by atoms with Gasteiger partial charge >= 0.3 is 0 Å². The van der Waals surface area contributed by atoms with Crippen molar-refractivity contribution in [3.05, 3.63) is 42.0 Å². The van der Waals surface area contributed by atoms with Crippen molar-refractivity contribution in [2.45, 2.75) is 44.6 Å². The molecule has 2 nitrogen and oxygen atoms in total. The van der Waals surface area contributed by atoms with E-state index in [2.05, 4.69) is 24.9 Å². The molecule has 0 amide bonds. The van der Waals surface area contributed by atoms with Gasteiger partial charge < -0.3 is 10.4 Å². The van der Waals surface area contributed by atoms with Gasteiger partial charge in [-0.25, -0.2) is 0 Å². The molecule has 0 radical (unpaired) electrons. The third-order valence-corrected chi connectivity index (χ3v) is 3.83. The first-order valence-corrected chi connectivity index (χ1v) is 6.93. The predicted octanol–water partition coefficient (Wildman–Crippen LogP) is 3.79. The van der Waals surface area contributed by atoms with Crippen LogP contribution in [0.2, 0.25) is 0 Å². The number of hydrogen-bond acceptors (Lipinski definition) is 2. The van der Waals surface area contributed by atoms with Crippen LogP contribution < -0.4 is 5.32 Å². The molecule has 2 unspecified atom stereocenters. The number of rotatable bonds is 5. The normalized spacial score (nSPS) is 21.3. The number of fused-ring (bicyclic) bond motifs is 1. The Balaban J connectivity index is 0.00000180. The molecule has 0 bridgehead atoms. The van der Waals surface area contributed by atoms with Crippen LogP contribution >= 0.6 is 12.4 Å². The highest BCUT2D eigenvalue weighted by Gasteiger charge is 2.30. The van der Waals surface area contributed by atoms with Gasteiger partial charge in [0.15, 0.2) is 0 Å². The maximum Gasteiger partial charge on any atom is 0.119 e. The van der Waals surface area contributed by atoms with E-state index in [4.69, 9.17) is 0 Å². The molecular formula is C16H24ClNO. The fourth-order valence-electron chi connectivity index (χ4n) is 2.99. The highest BCUT2D eigenvalue weighted by atomic mass is 35.5. The SMILES string of the molecule is C=CCC1c2c(O)cccc2CCC1NCCC.Cl. The van der Waals surface area contributed by atoms with Gasteiger partial charge in [-0.15, -0.1) is 19.0 Å². The van der Waals surface area contributed by atoms with Crippen LogP contribution in [0, 0.1) is 0 Å². The molecule has 1 aromatic carbocycles. The van der Waals surface area contributed by atoms with E-state index in [1.807, 2.05) is 12.1 Å². The number of phenols is 1. The second-order valence-electron chi connectivity index (χ2n) is 5.08. The van der Waals surface area contributed by atoms with Gasteiger partial charge in [0.2, 0.25) is 0 Å². The molecule has 19 heavy (non-hydrogen) atoms. The third kappa shape index (κ3) is 3.52. The first-order chi connectivity index (χ1) is 8.77. The summed E-state index contributed by atoms with van der Waals surface area (Å²) in [6.45, 7) is 7.09. The molecule has 0 aliphatic heterocycles. The molecule has 0 saturated carbocycles. The number of nitrogens with one attached hydrogen (secondary N) is 1. The molecule has 106 valence electrons. The quantitative estimate of drug-likeness (QED) is 0.805. The Kier molecular flexibility index (Phi) is 6.40. The molecule has 0 heterocycles. The first-order valence-electron chi connectivity index (χ1n) is 6.93. The van der Waals surface area contributed by atoms with Gasteiger partial charge in [-0.05, 0) is 43.9 Å². The number of halogens is 1. The summed E-state index contributed by atoms with van der Waals surface area (Å²) < 4.78 is 0. The zero-order chi connectivity index (χ0) is 13.0. The fraction of sp³-hybridized carbons (Fsp3) is 0.500. The molecule has 2 rings (SSSR count). The summed E-state index contributed by atoms with van der Waals surface area (Å²) in [4.78, 5) is 0. The molecule has 3 heteroatoms. The topological polar surface area (TPSA) is 32.3 Å². The van der Waals surface area contributed by atoms with E-state index in [1.54, 1.807) is 6.07 Å². The molecule has 0 fully saturated rings. The van der Waals surface area contributed by atoms with Crippen molar-refractivity contribution in [3.8, 4) is 5.75 Å². The van der Waals surface area contributed by atoms with Crippen molar-refractivity contribution >= 4 is 12.4 Å². The highest BCUT2D eigenvalue weighted by Crippen LogP contribution is 2.39. The van der Waals surface area contributed by atoms with Crippen molar-refractivity contribution < 1.29 is 5.11 Å². The predicted molar refractivity (Wildman–Crippen MR) is 83.3 cm³/mol. The molecule has 1 aromatic rings. The smallest absolute Gasteiger partial charge is 0.119 e. The summed E-state index contributed by atoms with van der Waals surface area (Å²) in [7, 11) is 0. The lowest BCUT2D eigenvalue weighted by Crippen LogP contribution is -2.38. The fourth-order valence-corrected chi connectivity index (χ4v) is 2.99. The lowest BCUT2D eigenvalue weighted by Gasteiger charge is -2.34. The Bertz CT molecular complexity index is 419. The maximum atomic E-state index is 10.1. The van der Waals surface area contributed by atoms with Gasteiger partial charge in [-0.2, -0.15) is 0 Å². The van der Waals surface area contributed by atoms with E-state index in [9.17, 15) is 5.11 Å². The largest absolute Gasteiger partial charge is 0.508 e. The van der Waals surface area contributed by atoms with Crippen LogP contribution in [0.1, 0.15) is 43.2 Å². The second-order valence-corrected chi connectivity index (χ2v) is 5.08. The van der Waals surface area contributed by atoms with E-state index in [1.165, 1.54) is 5.56 Å². The minimum Gasteiger partial charge on any atom is -0.508 e. The number of phenolic OH excluding ortho intramolecular Hbond substituents is 1. The summed E-state index contributed by atoms with van der Waals surface area (Å²) in [5, 5.41) is 13.7. The molecule has 0 aromatic heterocycles. The van der Waals surface area contributed by atoms with Gasteiger partial charge in [0.05, 0.1) is 0 Å². The number of hydrogen-bond donors (Lipinski definition) is 2. The summed E-state index contributed by atoms with van der Waals surface area (Å²) in [6.07, 6.45) is 6.23. The monoisotopic (exact) mass is 281 g/mol. The van der Waals surface area contributed by atoms with E-state index in [0.717, 1.165) is 37.8 Å². The summed E-state index contributed by atoms with van der Waals surface area (Å²) >= 11 is 0. The number of aryl methyl sites for hydroxylation is 1. The van der Waals surface area contributed by atoms with E-state index >= 15 is 0 Å². The zero-order valence-electron chi connectivity index (χ0n) is 11.6. The third-order valence-electron chi connectivity index (χ3n) is 3.83. The Morgan fingerprint density at radius 1 is 1.47 bits per heavy atom. The van der Waals surface area contributed by atoms with Gasteiger partial charge in [-0.3, -0.25) is 0 Å². The van der Waals surface area contributed by atoms with Crippen molar-refractivity contribution in [3.63, 3.8) is 0 Å². The molecule has 1 aliphatic rings. The zero-order valence-corrected chi connectivity index (χ0v) is 12.4. The van der Waals surface area contributed by atoms with Crippen LogP contribution in [0.4, 0.5) is 0 Å². The average Bonchev–Trinajstić information content (AvgIpc) is 2.38. The number of allylic oxidation sites excluding steroid dienone is 1. The Morgan fingerprint density at radius 3 is 2.95 bits per heavy atom. The molecule has 1 aliphatic carbocycles. The van der Waals surface area contributed by atoms with Gasteiger partial charge in [0, 0.05) is 17.5 Å². The molecule has 0 saturated heterocycles. The summed E-state index contributed by atoms with van der Waals surface area (Å²) in [5.74, 6) is 0.807. The van der Waals surface area contributed by atoms with Crippen LogP contribution in [0.15, 0.2) is 30.9 Å². The Labute approximate surface area is 122 Å².